The molecule has 2 aromatic heterocycles. The van der Waals surface area contributed by atoms with E-state index < -0.39 is 0 Å². The number of rotatable bonds is 4. The summed E-state index contributed by atoms with van der Waals surface area (Å²) in [7, 11) is 0. The number of aryl methyl sites for hydroxylation is 1. The summed E-state index contributed by atoms with van der Waals surface area (Å²) >= 11 is 0. The molecule has 0 saturated heterocycles. The Morgan fingerprint density at radius 2 is 1.90 bits per heavy atom. The summed E-state index contributed by atoms with van der Waals surface area (Å²) in [6, 6.07) is 3.78. The number of hydrazine groups is 1. The van der Waals surface area contributed by atoms with Gasteiger partial charge in [0.15, 0.2) is 0 Å². The highest BCUT2D eigenvalue weighted by Crippen LogP contribution is 2.22. The Labute approximate surface area is 125 Å². The Kier molecular flexibility index (Phi) is 4.37. The minimum Gasteiger partial charge on any atom is -0.366 e. The number of aromatic nitrogens is 3. The smallest absolute Gasteiger partial charge is 0.145 e. The molecule has 2 rings (SSSR count). The van der Waals surface area contributed by atoms with Gasteiger partial charge in [-0.3, -0.25) is 4.98 Å². The van der Waals surface area contributed by atoms with Crippen molar-refractivity contribution in [2.45, 2.75) is 39.7 Å². The van der Waals surface area contributed by atoms with Gasteiger partial charge in [-0.15, -0.1) is 0 Å². The van der Waals surface area contributed by atoms with Crippen molar-refractivity contribution in [1.82, 2.24) is 15.0 Å². The van der Waals surface area contributed by atoms with Crippen molar-refractivity contribution in [3.8, 4) is 0 Å². The van der Waals surface area contributed by atoms with Gasteiger partial charge in [0.1, 0.15) is 17.5 Å². The molecule has 4 N–H and O–H groups in total. The zero-order valence-corrected chi connectivity index (χ0v) is 12.9. The van der Waals surface area contributed by atoms with Crippen molar-refractivity contribution in [3.05, 3.63) is 41.5 Å². The number of hydrogen-bond acceptors (Lipinski definition) is 6. The quantitative estimate of drug-likeness (QED) is 0.590. The molecule has 0 unspecified atom stereocenters. The minimum absolute atomic E-state index is 0.145. The Bertz CT molecular complexity index is 618. The number of anilines is 2. The molecule has 0 saturated carbocycles. The molecule has 0 atom stereocenters. The van der Waals surface area contributed by atoms with Gasteiger partial charge in [0.05, 0.1) is 0 Å². The predicted molar refractivity (Wildman–Crippen MR) is 84.8 cm³/mol. The lowest BCUT2D eigenvalue weighted by molar-refractivity contribution is 0.546. The summed E-state index contributed by atoms with van der Waals surface area (Å²) in [6.45, 7) is 8.92. The minimum atomic E-state index is -0.145. The first-order chi connectivity index (χ1) is 9.90. The Morgan fingerprint density at radius 3 is 2.52 bits per heavy atom. The molecule has 0 aliphatic carbocycles. The first-order valence-electron chi connectivity index (χ1n) is 6.89. The third-order valence-corrected chi connectivity index (χ3v) is 3.15. The third-order valence-electron chi connectivity index (χ3n) is 3.15. The molecule has 0 amide bonds. The lowest BCUT2D eigenvalue weighted by Gasteiger charge is -2.19. The van der Waals surface area contributed by atoms with Gasteiger partial charge >= 0.3 is 0 Å². The van der Waals surface area contributed by atoms with Gasteiger partial charge in [-0.05, 0) is 24.1 Å². The molecule has 6 heteroatoms. The van der Waals surface area contributed by atoms with Crippen LogP contribution in [-0.2, 0) is 12.0 Å². The second-order valence-corrected chi connectivity index (χ2v) is 6.01. The van der Waals surface area contributed by atoms with Crippen LogP contribution in [0.15, 0.2) is 24.5 Å². The highest BCUT2D eigenvalue weighted by molar-refractivity contribution is 5.48. The lowest BCUT2D eigenvalue weighted by atomic mass is 9.96. The van der Waals surface area contributed by atoms with E-state index in [4.69, 9.17) is 5.84 Å². The van der Waals surface area contributed by atoms with E-state index in [1.54, 1.807) is 12.3 Å². The predicted octanol–water partition coefficient (Wildman–Crippen LogP) is 2.38. The van der Waals surface area contributed by atoms with Crippen molar-refractivity contribution in [1.29, 1.82) is 0 Å². The zero-order valence-electron chi connectivity index (χ0n) is 12.9. The summed E-state index contributed by atoms with van der Waals surface area (Å²) in [4.78, 5) is 13.1. The Balaban J connectivity index is 2.22. The molecular formula is C15H22N6. The summed E-state index contributed by atoms with van der Waals surface area (Å²) in [5.41, 5.74) is 4.77. The zero-order chi connectivity index (χ0) is 15.5. The van der Waals surface area contributed by atoms with Crippen LogP contribution < -0.4 is 16.6 Å². The summed E-state index contributed by atoms with van der Waals surface area (Å²) in [5.74, 6) is 7.56. The second-order valence-electron chi connectivity index (χ2n) is 6.01. The Morgan fingerprint density at radius 1 is 1.19 bits per heavy atom. The average Bonchev–Trinajstić information content (AvgIpc) is 2.45. The van der Waals surface area contributed by atoms with Crippen molar-refractivity contribution < 1.29 is 0 Å². The van der Waals surface area contributed by atoms with Gasteiger partial charge in [0.25, 0.3) is 0 Å². The molecule has 0 aromatic carbocycles. The number of pyridine rings is 1. The van der Waals surface area contributed by atoms with Crippen LogP contribution in [0.25, 0.3) is 0 Å². The molecule has 6 nitrogen and oxygen atoms in total. The molecule has 112 valence electrons. The fraction of sp³-hybridized carbons (Fsp3) is 0.400. The maximum Gasteiger partial charge on any atom is 0.145 e. The van der Waals surface area contributed by atoms with Crippen molar-refractivity contribution in [2.24, 2.45) is 5.84 Å². The molecule has 0 aliphatic heterocycles. The van der Waals surface area contributed by atoms with Crippen LogP contribution in [-0.4, -0.2) is 15.0 Å². The second kappa shape index (κ2) is 6.05. The molecule has 0 radical (unpaired) electrons. The summed E-state index contributed by atoms with van der Waals surface area (Å²) < 4.78 is 0. The third kappa shape index (κ3) is 3.88. The SMILES string of the molecule is Cc1ccncc1CNc1cc(NN)nc(C(C)(C)C)n1. The number of nitrogens with zero attached hydrogens (tertiary/aromatic N) is 3. The van der Waals surface area contributed by atoms with Crippen LogP contribution in [0.1, 0.15) is 37.7 Å². The van der Waals surface area contributed by atoms with Crippen LogP contribution in [0.5, 0.6) is 0 Å². The molecule has 2 heterocycles. The molecule has 0 bridgehead atoms. The number of hydrogen-bond donors (Lipinski definition) is 3. The summed E-state index contributed by atoms with van der Waals surface area (Å²) in [6.07, 6.45) is 3.65. The lowest BCUT2D eigenvalue weighted by Crippen LogP contribution is -2.20. The van der Waals surface area contributed by atoms with Crippen LogP contribution >= 0.6 is 0 Å². The van der Waals surface area contributed by atoms with E-state index in [1.165, 1.54) is 5.56 Å². The standard InChI is InChI=1S/C15H22N6/c1-10-5-6-17-8-11(10)9-18-12-7-13(21-16)20-14(19-12)15(2,3)4/h5-8H,9,16H2,1-4H3,(H2,18,19,20,21). The van der Waals surface area contributed by atoms with Crippen molar-refractivity contribution in [3.63, 3.8) is 0 Å². The highest BCUT2D eigenvalue weighted by Gasteiger charge is 2.19. The molecule has 2 aromatic rings. The fourth-order valence-electron chi connectivity index (χ4n) is 1.81. The monoisotopic (exact) mass is 286 g/mol. The number of nitrogens with one attached hydrogen (secondary N) is 2. The normalized spacial score (nSPS) is 11.3. The van der Waals surface area contributed by atoms with Crippen molar-refractivity contribution >= 4 is 11.6 Å². The first-order valence-corrected chi connectivity index (χ1v) is 6.89. The first kappa shape index (κ1) is 15.2. The average molecular weight is 286 g/mol. The van der Waals surface area contributed by atoms with Gasteiger partial charge in [0.2, 0.25) is 0 Å². The van der Waals surface area contributed by atoms with Gasteiger partial charge in [-0.25, -0.2) is 15.8 Å². The summed E-state index contributed by atoms with van der Waals surface area (Å²) in [5, 5.41) is 3.30. The molecule has 21 heavy (non-hydrogen) atoms. The van der Waals surface area contributed by atoms with E-state index in [1.807, 2.05) is 12.3 Å². The maximum atomic E-state index is 5.48. The van der Waals surface area contributed by atoms with E-state index in [9.17, 15) is 0 Å². The number of nitrogen functional groups attached to an aromatic ring is 1. The molecular weight excluding hydrogens is 264 g/mol. The highest BCUT2D eigenvalue weighted by atomic mass is 15.3. The molecule has 0 aliphatic rings. The van der Waals surface area contributed by atoms with Gasteiger partial charge in [-0.1, -0.05) is 20.8 Å². The molecule has 0 fully saturated rings. The number of nitrogens with two attached hydrogens (primary N) is 1. The van der Waals surface area contributed by atoms with E-state index in [2.05, 4.69) is 53.4 Å². The topological polar surface area (TPSA) is 88.8 Å². The fourth-order valence-corrected chi connectivity index (χ4v) is 1.81. The van der Waals surface area contributed by atoms with Gasteiger partial charge in [-0.2, -0.15) is 0 Å². The van der Waals surface area contributed by atoms with Crippen LogP contribution in [0, 0.1) is 6.92 Å². The van der Waals surface area contributed by atoms with E-state index >= 15 is 0 Å². The van der Waals surface area contributed by atoms with Crippen LogP contribution in [0.2, 0.25) is 0 Å². The van der Waals surface area contributed by atoms with E-state index in [0.717, 1.165) is 17.2 Å². The maximum absolute atomic E-state index is 5.48. The van der Waals surface area contributed by atoms with Gasteiger partial charge in [0, 0.05) is 30.4 Å². The van der Waals surface area contributed by atoms with E-state index in [0.29, 0.717) is 12.4 Å². The largest absolute Gasteiger partial charge is 0.366 e. The van der Waals surface area contributed by atoms with E-state index in [-0.39, 0.29) is 5.41 Å². The van der Waals surface area contributed by atoms with Gasteiger partial charge < -0.3 is 10.7 Å². The van der Waals surface area contributed by atoms with Crippen LogP contribution in [0.4, 0.5) is 11.6 Å². The van der Waals surface area contributed by atoms with Crippen molar-refractivity contribution in [2.75, 3.05) is 10.7 Å². The molecule has 0 spiro atoms. The Hall–Kier alpha value is -2.21. The van der Waals surface area contributed by atoms with Crippen LogP contribution in [0.3, 0.4) is 0 Å².